The molecule has 0 atom stereocenters. The first-order valence-corrected chi connectivity index (χ1v) is 7.70. The smallest absolute Gasteiger partial charge is 0.244 e. The molecule has 2 aromatic carbocycles. The highest BCUT2D eigenvalue weighted by Crippen LogP contribution is 2.23. The third-order valence-electron chi connectivity index (χ3n) is 3.31. The maximum absolute atomic E-state index is 6.13. The van der Waals surface area contributed by atoms with Crippen molar-refractivity contribution in [2.24, 2.45) is 0 Å². The van der Waals surface area contributed by atoms with Crippen LogP contribution in [-0.2, 0) is 6.54 Å². The molecule has 6 nitrogen and oxygen atoms in total. The van der Waals surface area contributed by atoms with E-state index in [9.17, 15) is 0 Å². The Morgan fingerprint density at radius 2 is 1.88 bits per heavy atom. The van der Waals surface area contributed by atoms with Crippen molar-refractivity contribution in [1.29, 1.82) is 0 Å². The summed E-state index contributed by atoms with van der Waals surface area (Å²) in [5, 5.41) is 14.8. The molecule has 3 aromatic rings. The Kier molecular flexibility index (Phi) is 5.08. The predicted molar refractivity (Wildman–Crippen MR) is 94.9 cm³/mol. The molecule has 0 aliphatic carbocycles. The van der Waals surface area contributed by atoms with Gasteiger partial charge in [0.1, 0.15) is 5.75 Å². The number of hydrogen-bond acceptors (Lipinski definition) is 6. The summed E-state index contributed by atoms with van der Waals surface area (Å²) in [5.74, 6) is 1.82. The molecule has 122 valence electrons. The van der Waals surface area contributed by atoms with Gasteiger partial charge in [-0.05, 0) is 29.8 Å². The van der Waals surface area contributed by atoms with E-state index in [1.165, 1.54) is 0 Å². The van der Waals surface area contributed by atoms with Crippen molar-refractivity contribution in [3.63, 3.8) is 0 Å². The standard InChI is InChI=1S/C17H16ClN5O/c1-24-13-8-6-12(7-9-13)10-19-17-22-16(11-20-23-17)21-15-5-3-2-4-14(15)18/h2-9,11H,10H2,1H3,(H2,19,21,22,23). The highest BCUT2D eigenvalue weighted by atomic mass is 35.5. The number of methoxy groups -OCH3 is 1. The van der Waals surface area contributed by atoms with Gasteiger partial charge in [0.05, 0.1) is 24.0 Å². The molecular weight excluding hydrogens is 326 g/mol. The SMILES string of the molecule is COc1ccc(CNc2nncc(Nc3ccccc3Cl)n2)cc1. The van der Waals surface area contributed by atoms with Crippen molar-refractivity contribution < 1.29 is 4.74 Å². The van der Waals surface area contributed by atoms with Gasteiger partial charge in [-0.15, -0.1) is 5.10 Å². The number of halogens is 1. The van der Waals surface area contributed by atoms with Gasteiger partial charge in [-0.1, -0.05) is 35.9 Å². The molecule has 0 amide bonds. The third kappa shape index (κ3) is 4.11. The van der Waals surface area contributed by atoms with E-state index >= 15 is 0 Å². The fourth-order valence-electron chi connectivity index (χ4n) is 2.06. The molecular formula is C17H16ClN5O. The number of nitrogens with zero attached hydrogens (tertiary/aromatic N) is 3. The van der Waals surface area contributed by atoms with Crippen LogP contribution in [0.3, 0.4) is 0 Å². The minimum Gasteiger partial charge on any atom is -0.497 e. The van der Waals surface area contributed by atoms with E-state index in [1.807, 2.05) is 42.5 Å². The van der Waals surface area contributed by atoms with Gasteiger partial charge >= 0.3 is 0 Å². The lowest BCUT2D eigenvalue weighted by molar-refractivity contribution is 0.414. The maximum Gasteiger partial charge on any atom is 0.244 e. The Morgan fingerprint density at radius 3 is 2.62 bits per heavy atom. The molecule has 0 aliphatic heterocycles. The molecule has 1 heterocycles. The normalized spacial score (nSPS) is 10.2. The van der Waals surface area contributed by atoms with Crippen LogP contribution in [-0.4, -0.2) is 22.3 Å². The second kappa shape index (κ2) is 7.61. The Balaban J connectivity index is 1.65. The van der Waals surface area contributed by atoms with Crippen LogP contribution in [0.25, 0.3) is 0 Å². The van der Waals surface area contributed by atoms with Crippen molar-refractivity contribution in [3.8, 4) is 5.75 Å². The van der Waals surface area contributed by atoms with Gasteiger partial charge in [-0.3, -0.25) is 0 Å². The number of rotatable bonds is 6. The lowest BCUT2D eigenvalue weighted by Gasteiger charge is -2.09. The first-order chi connectivity index (χ1) is 11.7. The van der Waals surface area contributed by atoms with Gasteiger partial charge in [-0.25, -0.2) is 0 Å². The molecule has 0 bridgehead atoms. The number of ether oxygens (including phenoxy) is 1. The van der Waals surface area contributed by atoms with Crippen molar-refractivity contribution in [3.05, 3.63) is 65.3 Å². The zero-order valence-electron chi connectivity index (χ0n) is 13.0. The van der Waals surface area contributed by atoms with Crippen LogP contribution in [0.5, 0.6) is 5.75 Å². The number of para-hydroxylation sites is 1. The topological polar surface area (TPSA) is 72.0 Å². The highest BCUT2D eigenvalue weighted by molar-refractivity contribution is 6.33. The minimum atomic E-state index is 0.433. The molecule has 7 heteroatoms. The van der Waals surface area contributed by atoms with Crippen molar-refractivity contribution in [2.75, 3.05) is 17.7 Å². The molecule has 0 spiro atoms. The highest BCUT2D eigenvalue weighted by Gasteiger charge is 2.04. The Hall–Kier alpha value is -2.86. The van der Waals surface area contributed by atoms with E-state index in [4.69, 9.17) is 16.3 Å². The van der Waals surface area contributed by atoms with Crippen molar-refractivity contribution in [1.82, 2.24) is 15.2 Å². The van der Waals surface area contributed by atoms with E-state index in [-0.39, 0.29) is 0 Å². The lowest BCUT2D eigenvalue weighted by atomic mass is 10.2. The molecule has 0 saturated carbocycles. The number of aromatic nitrogens is 3. The van der Waals surface area contributed by atoms with Crippen LogP contribution >= 0.6 is 11.6 Å². The molecule has 0 unspecified atom stereocenters. The maximum atomic E-state index is 6.13. The summed E-state index contributed by atoms with van der Waals surface area (Å²) in [7, 11) is 1.64. The average molecular weight is 342 g/mol. The lowest BCUT2D eigenvalue weighted by Crippen LogP contribution is -2.06. The second-order valence-electron chi connectivity index (χ2n) is 4.97. The summed E-state index contributed by atoms with van der Waals surface area (Å²) in [6.07, 6.45) is 1.54. The van der Waals surface area contributed by atoms with Crippen LogP contribution in [0.15, 0.2) is 54.7 Å². The number of anilines is 3. The van der Waals surface area contributed by atoms with Crippen molar-refractivity contribution >= 4 is 29.1 Å². The van der Waals surface area contributed by atoms with Crippen LogP contribution in [0.1, 0.15) is 5.56 Å². The van der Waals surface area contributed by atoms with Crippen LogP contribution < -0.4 is 15.4 Å². The first kappa shape index (κ1) is 16.0. The fraction of sp³-hybridized carbons (Fsp3) is 0.118. The van der Waals surface area contributed by atoms with Gasteiger partial charge in [0.25, 0.3) is 0 Å². The zero-order valence-corrected chi connectivity index (χ0v) is 13.8. The minimum absolute atomic E-state index is 0.433. The molecule has 3 rings (SSSR count). The van der Waals surface area contributed by atoms with Gasteiger partial charge in [0.15, 0.2) is 5.82 Å². The molecule has 2 N–H and O–H groups in total. The monoisotopic (exact) mass is 341 g/mol. The second-order valence-corrected chi connectivity index (χ2v) is 5.38. The van der Waals surface area contributed by atoms with Gasteiger partial charge in [0.2, 0.25) is 5.95 Å². The Bertz CT molecular complexity index is 810. The van der Waals surface area contributed by atoms with Gasteiger partial charge < -0.3 is 15.4 Å². The van der Waals surface area contributed by atoms with E-state index in [0.717, 1.165) is 17.0 Å². The van der Waals surface area contributed by atoms with Crippen LogP contribution in [0.4, 0.5) is 17.5 Å². The predicted octanol–water partition coefficient (Wildman–Crippen LogP) is 3.89. The molecule has 0 radical (unpaired) electrons. The summed E-state index contributed by atoms with van der Waals surface area (Å²) in [4.78, 5) is 4.38. The molecule has 24 heavy (non-hydrogen) atoms. The van der Waals surface area contributed by atoms with Crippen LogP contribution in [0.2, 0.25) is 5.02 Å². The summed E-state index contributed by atoms with van der Waals surface area (Å²) in [5.41, 5.74) is 1.85. The zero-order chi connectivity index (χ0) is 16.8. The van der Waals surface area contributed by atoms with Gasteiger partial charge in [0, 0.05) is 6.54 Å². The summed E-state index contributed by atoms with van der Waals surface area (Å²) >= 11 is 6.13. The third-order valence-corrected chi connectivity index (χ3v) is 3.63. The Labute approximate surface area is 144 Å². The average Bonchev–Trinajstić information content (AvgIpc) is 2.63. The number of benzene rings is 2. The molecule has 0 fully saturated rings. The van der Waals surface area contributed by atoms with Crippen molar-refractivity contribution in [2.45, 2.75) is 6.54 Å². The Morgan fingerprint density at radius 1 is 1.08 bits per heavy atom. The first-order valence-electron chi connectivity index (χ1n) is 7.32. The molecule has 1 aromatic heterocycles. The van der Waals surface area contributed by atoms with E-state index in [1.54, 1.807) is 19.4 Å². The van der Waals surface area contributed by atoms with Gasteiger partial charge in [-0.2, -0.15) is 10.1 Å². The summed E-state index contributed by atoms with van der Waals surface area (Å²) in [6.45, 7) is 0.585. The molecule has 0 saturated heterocycles. The summed E-state index contributed by atoms with van der Waals surface area (Å²) in [6, 6.07) is 15.2. The fourth-order valence-corrected chi connectivity index (χ4v) is 2.25. The molecule has 0 aliphatic rings. The van der Waals surface area contributed by atoms with E-state index in [0.29, 0.717) is 23.3 Å². The van der Waals surface area contributed by atoms with Crippen LogP contribution in [0, 0.1) is 0 Å². The quantitative estimate of drug-likeness (QED) is 0.708. The largest absolute Gasteiger partial charge is 0.497 e. The van der Waals surface area contributed by atoms with E-state index in [2.05, 4.69) is 25.8 Å². The summed E-state index contributed by atoms with van der Waals surface area (Å²) < 4.78 is 5.14. The van der Waals surface area contributed by atoms with E-state index < -0.39 is 0 Å². The number of nitrogens with one attached hydrogen (secondary N) is 2. The number of hydrogen-bond donors (Lipinski definition) is 2.